The summed E-state index contributed by atoms with van der Waals surface area (Å²) in [7, 11) is 0. The highest BCUT2D eigenvalue weighted by Gasteiger charge is 2.18. The van der Waals surface area contributed by atoms with Crippen molar-refractivity contribution in [1.82, 2.24) is 15.2 Å². The number of thioether (sulfide) groups is 1. The highest BCUT2D eigenvalue weighted by molar-refractivity contribution is 8.00. The first-order valence-corrected chi connectivity index (χ1v) is 9.31. The Bertz CT molecular complexity index is 603. The molecule has 0 spiro atoms. The number of likely N-dealkylation sites (N-methyl/N-ethyl adjacent to an activating group) is 1. The summed E-state index contributed by atoms with van der Waals surface area (Å²) >= 11 is 1.53. The standard InChI is InChI=1S/C19H25N3OS/c1-3-22(4-2)18(16-8-6-5-7-9-16)14-21-19(23)15-24-17-10-12-20-13-11-17/h5-13,18H,3-4,14-15H2,1-2H3,(H,21,23)/t18-/m0/s1. The molecule has 4 nitrogen and oxygen atoms in total. The number of pyridine rings is 1. The molecule has 0 saturated carbocycles. The molecule has 1 aromatic carbocycles. The fourth-order valence-electron chi connectivity index (χ4n) is 2.64. The van der Waals surface area contributed by atoms with Gasteiger partial charge in [0, 0.05) is 23.8 Å². The number of rotatable bonds is 9. The average molecular weight is 343 g/mol. The zero-order valence-electron chi connectivity index (χ0n) is 14.3. The number of hydrogen-bond acceptors (Lipinski definition) is 4. The maximum atomic E-state index is 12.2. The number of nitrogens with zero attached hydrogens (tertiary/aromatic N) is 2. The van der Waals surface area contributed by atoms with Crippen molar-refractivity contribution in [2.75, 3.05) is 25.4 Å². The van der Waals surface area contributed by atoms with Crippen LogP contribution in [0.3, 0.4) is 0 Å². The van der Waals surface area contributed by atoms with E-state index in [4.69, 9.17) is 0 Å². The molecule has 1 atom stereocenters. The largest absolute Gasteiger partial charge is 0.353 e. The van der Waals surface area contributed by atoms with E-state index in [1.807, 2.05) is 30.3 Å². The van der Waals surface area contributed by atoms with E-state index in [1.54, 1.807) is 12.4 Å². The van der Waals surface area contributed by atoms with Crippen molar-refractivity contribution >= 4 is 17.7 Å². The number of aromatic nitrogens is 1. The number of nitrogens with one attached hydrogen (secondary N) is 1. The molecule has 1 aromatic heterocycles. The SMILES string of the molecule is CCN(CC)[C@@H](CNC(=O)CSc1ccncc1)c1ccccc1. The van der Waals surface area contributed by atoms with Crippen LogP contribution in [0.25, 0.3) is 0 Å². The summed E-state index contributed by atoms with van der Waals surface area (Å²) in [6, 6.07) is 14.4. The van der Waals surface area contributed by atoms with Crippen LogP contribution in [0.5, 0.6) is 0 Å². The molecule has 0 aliphatic carbocycles. The van der Waals surface area contributed by atoms with Crippen LogP contribution in [-0.4, -0.2) is 41.2 Å². The van der Waals surface area contributed by atoms with E-state index in [9.17, 15) is 4.79 Å². The van der Waals surface area contributed by atoms with Gasteiger partial charge in [-0.05, 0) is 30.8 Å². The van der Waals surface area contributed by atoms with Crippen LogP contribution in [0, 0.1) is 0 Å². The lowest BCUT2D eigenvalue weighted by atomic mass is 10.1. The van der Waals surface area contributed by atoms with E-state index >= 15 is 0 Å². The molecule has 0 radical (unpaired) electrons. The summed E-state index contributed by atoms with van der Waals surface area (Å²) in [5.41, 5.74) is 1.24. The lowest BCUT2D eigenvalue weighted by molar-refractivity contribution is -0.118. The summed E-state index contributed by atoms with van der Waals surface area (Å²) in [5, 5.41) is 3.08. The molecule has 0 fully saturated rings. The minimum atomic E-state index is 0.0601. The lowest BCUT2D eigenvalue weighted by Gasteiger charge is -2.30. The molecule has 1 heterocycles. The Balaban J connectivity index is 1.91. The summed E-state index contributed by atoms with van der Waals surface area (Å²) in [5.74, 6) is 0.481. The molecule has 2 aromatic rings. The number of benzene rings is 1. The van der Waals surface area contributed by atoms with Gasteiger partial charge in [0.05, 0.1) is 11.8 Å². The highest BCUT2D eigenvalue weighted by atomic mass is 32.2. The van der Waals surface area contributed by atoms with Crippen molar-refractivity contribution in [2.45, 2.75) is 24.8 Å². The van der Waals surface area contributed by atoms with Crippen LogP contribution < -0.4 is 5.32 Å². The first kappa shape index (κ1) is 18.5. The van der Waals surface area contributed by atoms with Gasteiger partial charge in [0.1, 0.15) is 0 Å². The summed E-state index contributed by atoms with van der Waals surface area (Å²) in [6.45, 7) is 6.85. The minimum Gasteiger partial charge on any atom is -0.353 e. The number of carbonyl (C=O) groups excluding carboxylic acids is 1. The molecule has 0 saturated heterocycles. The Kier molecular flexibility index (Phi) is 7.79. The molecule has 2 rings (SSSR count). The van der Waals surface area contributed by atoms with Gasteiger partial charge in [0.2, 0.25) is 5.91 Å². The highest BCUT2D eigenvalue weighted by Crippen LogP contribution is 2.20. The van der Waals surface area contributed by atoms with E-state index in [-0.39, 0.29) is 11.9 Å². The summed E-state index contributed by atoms with van der Waals surface area (Å²) in [6.07, 6.45) is 3.48. The second-order valence-corrected chi connectivity index (χ2v) is 6.47. The Morgan fingerprint density at radius 1 is 1.12 bits per heavy atom. The quantitative estimate of drug-likeness (QED) is 0.709. The molecule has 1 amide bonds. The number of amides is 1. The first-order chi connectivity index (χ1) is 11.7. The molecule has 0 bridgehead atoms. The summed E-state index contributed by atoms with van der Waals surface area (Å²) in [4.78, 5) is 19.6. The molecule has 128 valence electrons. The maximum absolute atomic E-state index is 12.2. The summed E-state index contributed by atoms with van der Waals surface area (Å²) < 4.78 is 0. The third-order valence-electron chi connectivity index (χ3n) is 3.95. The van der Waals surface area contributed by atoms with E-state index < -0.39 is 0 Å². The first-order valence-electron chi connectivity index (χ1n) is 8.33. The zero-order chi connectivity index (χ0) is 17.2. The molecular weight excluding hydrogens is 318 g/mol. The minimum absolute atomic E-state index is 0.0601. The van der Waals surface area contributed by atoms with Gasteiger partial charge in [-0.3, -0.25) is 14.7 Å². The van der Waals surface area contributed by atoms with Gasteiger partial charge in [-0.25, -0.2) is 0 Å². The monoisotopic (exact) mass is 343 g/mol. The van der Waals surface area contributed by atoms with Crippen molar-refractivity contribution in [3.8, 4) is 0 Å². The lowest BCUT2D eigenvalue weighted by Crippen LogP contribution is -2.38. The average Bonchev–Trinajstić information content (AvgIpc) is 2.65. The van der Waals surface area contributed by atoms with Crippen molar-refractivity contribution in [1.29, 1.82) is 0 Å². The molecule has 5 heteroatoms. The second-order valence-electron chi connectivity index (χ2n) is 5.42. The maximum Gasteiger partial charge on any atom is 0.230 e. The van der Waals surface area contributed by atoms with Gasteiger partial charge in [-0.15, -0.1) is 11.8 Å². The van der Waals surface area contributed by atoms with Crippen LogP contribution in [0.15, 0.2) is 59.8 Å². The van der Waals surface area contributed by atoms with Gasteiger partial charge in [-0.1, -0.05) is 44.2 Å². The Morgan fingerprint density at radius 3 is 2.42 bits per heavy atom. The molecule has 0 aliphatic rings. The Hall–Kier alpha value is -1.85. The van der Waals surface area contributed by atoms with E-state index in [0.717, 1.165) is 18.0 Å². The van der Waals surface area contributed by atoms with E-state index in [1.165, 1.54) is 17.3 Å². The van der Waals surface area contributed by atoms with Crippen LogP contribution in [0.2, 0.25) is 0 Å². The molecular formula is C19H25N3OS. The third-order valence-corrected chi connectivity index (χ3v) is 4.96. The van der Waals surface area contributed by atoms with Crippen LogP contribution in [-0.2, 0) is 4.79 Å². The fraction of sp³-hybridized carbons (Fsp3) is 0.368. The molecule has 0 unspecified atom stereocenters. The number of hydrogen-bond donors (Lipinski definition) is 1. The normalized spacial score (nSPS) is 12.1. The molecule has 1 N–H and O–H groups in total. The van der Waals surface area contributed by atoms with E-state index in [2.05, 4.69) is 41.2 Å². The van der Waals surface area contributed by atoms with Crippen LogP contribution in [0.4, 0.5) is 0 Å². The molecule has 24 heavy (non-hydrogen) atoms. The Labute approximate surface area is 148 Å². The fourth-order valence-corrected chi connectivity index (χ4v) is 3.36. The van der Waals surface area contributed by atoms with Gasteiger partial charge >= 0.3 is 0 Å². The third kappa shape index (κ3) is 5.65. The zero-order valence-corrected chi connectivity index (χ0v) is 15.1. The smallest absolute Gasteiger partial charge is 0.230 e. The number of carbonyl (C=O) groups is 1. The van der Waals surface area contributed by atoms with Gasteiger partial charge in [-0.2, -0.15) is 0 Å². The second kappa shape index (κ2) is 10.1. The van der Waals surface area contributed by atoms with Gasteiger partial charge in [0.15, 0.2) is 0 Å². The Morgan fingerprint density at radius 2 is 1.79 bits per heavy atom. The van der Waals surface area contributed by atoms with Crippen molar-refractivity contribution in [3.05, 3.63) is 60.4 Å². The van der Waals surface area contributed by atoms with Gasteiger partial charge in [0.25, 0.3) is 0 Å². The van der Waals surface area contributed by atoms with Gasteiger partial charge < -0.3 is 5.32 Å². The van der Waals surface area contributed by atoms with Crippen molar-refractivity contribution < 1.29 is 4.79 Å². The van der Waals surface area contributed by atoms with Crippen molar-refractivity contribution in [2.24, 2.45) is 0 Å². The van der Waals surface area contributed by atoms with Crippen molar-refractivity contribution in [3.63, 3.8) is 0 Å². The topological polar surface area (TPSA) is 45.2 Å². The predicted octanol–water partition coefficient (Wildman–Crippen LogP) is 3.37. The van der Waals surface area contributed by atoms with Crippen LogP contribution >= 0.6 is 11.8 Å². The predicted molar refractivity (Wildman–Crippen MR) is 100 cm³/mol. The van der Waals surface area contributed by atoms with Crippen LogP contribution in [0.1, 0.15) is 25.5 Å². The molecule has 0 aliphatic heterocycles. The van der Waals surface area contributed by atoms with E-state index in [0.29, 0.717) is 12.3 Å².